The molecular weight excluding hydrogens is 472 g/mol. The first-order valence-corrected chi connectivity index (χ1v) is 11.2. The minimum absolute atomic E-state index is 0.0120. The van der Waals surface area contributed by atoms with Gasteiger partial charge in [-0.3, -0.25) is 4.79 Å². The first-order valence-electron chi connectivity index (χ1n) is 11.2. The first kappa shape index (κ1) is 25.0. The molecular formula is C27H25F2NO6. The summed E-state index contributed by atoms with van der Waals surface area (Å²) in [4.78, 5) is 26.5. The molecule has 1 heterocycles. The van der Waals surface area contributed by atoms with E-state index in [2.05, 4.69) is 0 Å². The highest BCUT2D eigenvalue weighted by molar-refractivity contribution is 5.95. The first-order chi connectivity index (χ1) is 17.4. The molecule has 4 rings (SSSR count). The second-order valence-corrected chi connectivity index (χ2v) is 8.09. The van der Waals surface area contributed by atoms with E-state index < -0.39 is 35.1 Å². The molecule has 188 valence electrons. The number of ether oxygens (including phenoxy) is 4. The van der Waals surface area contributed by atoms with Crippen molar-refractivity contribution in [1.82, 2.24) is 4.90 Å². The molecule has 1 atom stereocenters. The topological polar surface area (TPSA) is 74.3 Å². The number of nitrogens with zero attached hydrogens (tertiary/aromatic N) is 1. The average molecular weight is 497 g/mol. The summed E-state index contributed by atoms with van der Waals surface area (Å²) in [6.07, 6.45) is 0.446. The molecule has 1 amide bonds. The lowest BCUT2D eigenvalue weighted by molar-refractivity contribution is 0.0574. The van der Waals surface area contributed by atoms with Gasteiger partial charge < -0.3 is 23.8 Å². The fourth-order valence-electron chi connectivity index (χ4n) is 4.28. The van der Waals surface area contributed by atoms with Gasteiger partial charge in [-0.15, -0.1) is 0 Å². The third kappa shape index (κ3) is 4.82. The summed E-state index contributed by atoms with van der Waals surface area (Å²) in [5.41, 5.74) is 1.36. The van der Waals surface area contributed by atoms with Crippen LogP contribution in [0, 0.1) is 11.6 Å². The van der Waals surface area contributed by atoms with Gasteiger partial charge in [0.05, 0.1) is 32.9 Å². The van der Waals surface area contributed by atoms with Gasteiger partial charge >= 0.3 is 5.97 Å². The normalized spacial score (nSPS) is 14.6. The van der Waals surface area contributed by atoms with Gasteiger partial charge in [0, 0.05) is 6.54 Å². The quantitative estimate of drug-likeness (QED) is 0.445. The Morgan fingerprint density at radius 2 is 1.58 bits per heavy atom. The number of halogens is 2. The summed E-state index contributed by atoms with van der Waals surface area (Å²) >= 11 is 0. The maximum Gasteiger partial charge on any atom is 0.337 e. The highest BCUT2D eigenvalue weighted by Gasteiger charge is 2.35. The molecule has 0 radical (unpaired) electrons. The van der Waals surface area contributed by atoms with Crippen LogP contribution in [-0.2, 0) is 11.2 Å². The van der Waals surface area contributed by atoms with Crippen LogP contribution in [-0.4, -0.2) is 51.3 Å². The second-order valence-electron chi connectivity index (χ2n) is 8.09. The van der Waals surface area contributed by atoms with Gasteiger partial charge in [0.15, 0.2) is 11.5 Å². The number of methoxy groups -OCH3 is 3. The Balaban J connectivity index is 1.70. The van der Waals surface area contributed by atoms with Crippen molar-refractivity contribution in [3.05, 3.63) is 88.5 Å². The second kappa shape index (κ2) is 10.6. The van der Waals surface area contributed by atoms with Crippen LogP contribution in [0.4, 0.5) is 8.78 Å². The molecule has 3 aromatic rings. The van der Waals surface area contributed by atoms with Crippen molar-refractivity contribution in [2.75, 3.05) is 34.5 Å². The van der Waals surface area contributed by atoms with Crippen LogP contribution in [0.1, 0.15) is 37.9 Å². The van der Waals surface area contributed by atoms with Crippen molar-refractivity contribution in [2.24, 2.45) is 0 Å². The van der Waals surface area contributed by atoms with E-state index in [0.717, 1.165) is 23.3 Å². The highest BCUT2D eigenvalue weighted by Crippen LogP contribution is 2.39. The zero-order valence-corrected chi connectivity index (χ0v) is 20.0. The third-order valence-electron chi connectivity index (χ3n) is 6.12. The molecule has 9 heteroatoms. The molecule has 36 heavy (non-hydrogen) atoms. The molecule has 0 N–H and O–H groups in total. The summed E-state index contributed by atoms with van der Waals surface area (Å²) in [7, 11) is 4.32. The summed E-state index contributed by atoms with van der Waals surface area (Å²) in [5, 5.41) is 0. The van der Waals surface area contributed by atoms with E-state index in [1.807, 2.05) is 6.07 Å². The Kier molecular flexibility index (Phi) is 7.38. The van der Waals surface area contributed by atoms with Gasteiger partial charge in [0.2, 0.25) is 0 Å². The van der Waals surface area contributed by atoms with Crippen LogP contribution < -0.4 is 14.2 Å². The molecule has 0 saturated carbocycles. The van der Waals surface area contributed by atoms with Crippen molar-refractivity contribution in [3.8, 4) is 17.2 Å². The summed E-state index contributed by atoms with van der Waals surface area (Å²) in [6.45, 7) is 0.201. The van der Waals surface area contributed by atoms with Crippen LogP contribution in [0.15, 0.2) is 54.6 Å². The average Bonchev–Trinajstić information content (AvgIpc) is 2.90. The molecule has 0 bridgehead atoms. The molecule has 0 fully saturated rings. The van der Waals surface area contributed by atoms with E-state index in [-0.39, 0.29) is 13.2 Å². The smallest absolute Gasteiger partial charge is 0.337 e. The Bertz CT molecular complexity index is 1260. The number of carbonyl (C=O) groups is 2. The largest absolute Gasteiger partial charge is 0.493 e. The number of benzene rings is 3. The van der Waals surface area contributed by atoms with Gasteiger partial charge in [-0.2, -0.15) is 0 Å². The lowest BCUT2D eigenvalue weighted by atomic mass is 9.91. The fraction of sp³-hybridized carbons (Fsp3) is 0.259. The van der Waals surface area contributed by atoms with Crippen LogP contribution >= 0.6 is 0 Å². The van der Waals surface area contributed by atoms with Gasteiger partial charge in [0.25, 0.3) is 5.91 Å². The zero-order chi connectivity index (χ0) is 25.8. The van der Waals surface area contributed by atoms with E-state index >= 15 is 0 Å². The Morgan fingerprint density at radius 1 is 0.944 bits per heavy atom. The predicted molar refractivity (Wildman–Crippen MR) is 127 cm³/mol. The Hall–Kier alpha value is -4.14. The van der Waals surface area contributed by atoms with Gasteiger partial charge in [-0.1, -0.05) is 6.07 Å². The van der Waals surface area contributed by atoms with Crippen LogP contribution in [0.3, 0.4) is 0 Å². The van der Waals surface area contributed by atoms with Crippen LogP contribution in [0.25, 0.3) is 0 Å². The van der Waals surface area contributed by atoms with Crippen molar-refractivity contribution in [2.45, 2.75) is 12.5 Å². The summed E-state index contributed by atoms with van der Waals surface area (Å²) in [5.74, 6) is -1.69. The summed E-state index contributed by atoms with van der Waals surface area (Å²) in [6, 6.07) is 12.5. The maximum absolute atomic E-state index is 14.5. The lowest BCUT2D eigenvalue weighted by Crippen LogP contribution is -2.43. The molecule has 1 unspecified atom stereocenters. The SMILES string of the molecule is COC(=O)c1ccc(OCC2c3cc(OC)c(OC)cc3CCN2C(=O)c2c(F)cccc2F)cc1. The monoisotopic (exact) mass is 497 g/mol. The van der Waals surface area contributed by atoms with E-state index in [1.165, 1.54) is 32.3 Å². The zero-order valence-electron chi connectivity index (χ0n) is 20.0. The van der Waals surface area contributed by atoms with Crippen molar-refractivity contribution in [1.29, 1.82) is 0 Å². The molecule has 1 aliphatic rings. The molecule has 0 saturated heterocycles. The number of rotatable bonds is 7. The molecule has 0 aromatic heterocycles. The van der Waals surface area contributed by atoms with Crippen molar-refractivity contribution < 1.29 is 37.3 Å². The minimum Gasteiger partial charge on any atom is -0.493 e. The lowest BCUT2D eigenvalue weighted by Gasteiger charge is -2.37. The van der Waals surface area contributed by atoms with E-state index in [0.29, 0.717) is 29.2 Å². The standard InChI is InChI=1S/C27H25F2NO6/c1-33-23-13-17-11-12-30(26(31)25-20(28)5-4-6-21(25)29)22(19(17)14-24(23)34-2)15-36-18-9-7-16(8-10-18)27(32)35-3/h4-10,13-14,22H,11-12,15H2,1-3H3. The van der Waals surface area contributed by atoms with Gasteiger partial charge in [-0.05, 0) is 66.1 Å². The molecule has 1 aliphatic heterocycles. The number of hydrogen-bond acceptors (Lipinski definition) is 6. The number of hydrogen-bond donors (Lipinski definition) is 0. The highest BCUT2D eigenvalue weighted by atomic mass is 19.1. The van der Waals surface area contributed by atoms with E-state index in [9.17, 15) is 18.4 Å². The summed E-state index contributed by atoms with van der Waals surface area (Å²) < 4.78 is 50.5. The number of esters is 1. The number of fused-ring (bicyclic) bond motifs is 1. The van der Waals surface area contributed by atoms with Gasteiger partial charge in [0.1, 0.15) is 29.6 Å². The van der Waals surface area contributed by atoms with E-state index in [1.54, 1.807) is 30.3 Å². The van der Waals surface area contributed by atoms with E-state index in [4.69, 9.17) is 18.9 Å². The molecule has 0 aliphatic carbocycles. The van der Waals surface area contributed by atoms with Crippen molar-refractivity contribution >= 4 is 11.9 Å². The Labute approximate surface area is 207 Å². The van der Waals surface area contributed by atoms with Crippen LogP contribution in [0.2, 0.25) is 0 Å². The third-order valence-corrected chi connectivity index (χ3v) is 6.12. The maximum atomic E-state index is 14.5. The van der Waals surface area contributed by atoms with Gasteiger partial charge in [-0.25, -0.2) is 13.6 Å². The van der Waals surface area contributed by atoms with Crippen molar-refractivity contribution in [3.63, 3.8) is 0 Å². The molecule has 0 spiro atoms. The van der Waals surface area contributed by atoms with Crippen LogP contribution in [0.5, 0.6) is 17.2 Å². The minimum atomic E-state index is -0.934. The number of carbonyl (C=O) groups excluding carboxylic acids is 2. The molecule has 7 nitrogen and oxygen atoms in total. The number of amides is 1. The fourth-order valence-corrected chi connectivity index (χ4v) is 4.28. The Morgan fingerprint density at radius 3 is 2.19 bits per heavy atom. The molecule has 3 aromatic carbocycles. The predicted octanol–water partition coefficient (Wildman–Crippen LogP) is 4.59.